The molecule has 0 aliphatic rings. The Bertz CT molecular complexity index is 337. The third kappa shape index (κ3) is 13.0. The predicted octanol–water partition coefficient (Wildman–Crippen LogP) is 0.649. The monoisotopic (exact) mass is 340 g/mol. The highest BCUT2D eigenvalue weighted by Crippen LogP contribution is 2.23. The van der Waals surface area contributed by atoms with Gasteiger partial charge in [0, 0.05) is 5.54 Å². The van der Waals surface area contributed by atoms with Crippen molar-refractivity contribution in [2.75, 3.05) is 19.8 Å². The Morgan fingerprint density at radius 1 is 0.696 bits per heavy atom. The molecule has 0 aliphatic heterocycles. The second-order valence-corrected chi connectivity index (χ2v) is 4.84. The van der Waals surface area contributed by atoms with Crippen molar-refractivity contribution in [2.24, 2.45) is 5.73 Å². The molecule has 134 valence electrons. The molecule has 0 amide bonds. The molecule has 0 aliphatic carbocycles. The number of rotatable bonds is 15. The van der Waals surface area contributed by atoms with Crippen LogP contribution in [0.25, 0.3) is 0 Å². The summed E-state index contributed by atoms with van der Waals surface area (Å²) in [4.78, 5) is 42.8. The largest absolute Gasteiger partial charge is 0.325 e. The molecule has 0 atom stereocenters. The van der Waals surface area contributed by atoms with Crippen molar-refractivity contribution >= 4 is 0 Å². The first-order valence-corrected chi connectivity index (χ1v) is 6.86. The van der Waals surface area contributed by atoms with Gasteiger partial charge in [0.05, 0.1) is 19.8 Å². The van der Waals surface area contributed by atoms with Crippen molar-refractivity contribution in [3.63, 3.8) is 0 Å². The third-order valence-corrected chi connectivity index (χ3v) is 3.05. The topological polar surface area (TPSA) is 183 Å². The molecule has 0 aromatic rings. The summed E-state index contributed by atoms with van der Waals surface area (Å²) in [5.41, 5.74) is 5.38. The van der Waals surface area contributed by atoms with Crippen molar-refractivity contribution in [3.05, 3.63) is 30.3 Å². The summed E-state index contributed by atoms with van der Waals surface area (Å²) in [6, 6.07) is 0. The van der Waals surface area contributed by atoms with Gasteiger partial charge in [-0.1, -0.05) is 0 Å². The zero-order chi connectivity index (χ0) is 17.7. The van der Waals surface area contributed by atoms with Crippen LogP contribution in [0.15, 0.2) is 0 Å². The molecule has 0 unspecified atom stereocenters. The molecule has 0 radical (unpaired) electrons. The molecule has 0 aromatic carbocycles. The van der Waals surface area contributed by atoms with Crippen LogP contribution in [0.2, 0.25) is 0 Å². The molecule has 0 spiro atoms. The van der Waals surface area contributed by atoms with E-state index >= 15 is 0 Å². The predicted molar refractivity (Wildman–Crippen MR) is 73.5 cm³/mol. The Morgan fingerprint density at radius 3 is 1.17 bits per heavy atom. The second-order valence-electron chi connectivity index (χ2n) is 4.84. The molecule has 23 heavy (non-hydrogen) atoms. The van der Waals surface area contributed by atoms with Crippen molar-refractivity contribution in [1.82, 2.24) is 0 Å². The van der Waals surface area contributed by atoms with E-state index in [1.165, 1.54) is 0 Å². The van der Waals surface area contributed by atoms with E-state index in [9.17, 15) is 30.3 Å². The molecule has 2 N–H and O–H groups in total. The van der Waals surface area contributed by atoms with Crippen LogP contribution in [0.4, 0.5) is 0 Å². The SMILES string of the molecule is NC(CCCO[N+](=O)[O-])(CCCO[N+](=O)[O-])CCCO[N+](=O)[O-]. The van der Waals surface area contributed by atoms with Gasteiger partial charge in [-0.3, -0.25) is 0 Å². The first-order valence-electron chi connectivity index (χ1n) is 6.86. The van der Waals surface area contributed by atoms with Gasteiger partial charge in [-0.05, 0) is 38.5 Å². The van der Waals surface area contributed by atoms with Gasteiger partial charge in [0.2, 0.25) is 0 Å². The van der Waals surface area contributed by atoms with Crippen molar-refractivity contribution in [1.29, 1.82) is 0 Å². The molecule has 13 nitrogen and oxygen atoms in total. The molecule has 0 bridgehead atoms. The van der Waals surface area contributed by atoms with Gasteiger partial charge in [0.25, 0.3) is 15.3 Å². The van der Waals surface area contributed by atoms with Crippen LogP contribution in [0.5, 0.6) is 0 Å². The zero-order valence-electron chi connectivity index (χ0n) is 12.5. The Hall–Kier alpha value is -2.44. The van der Waals surface area contributed by atoms with E-state index in [1.54, 1.807) is 0 Å². The smallest absolute Gasteiger partial charge is 0.294 e. The summed E-state index contributed by atoms with van der Waals surface area (Å²) in [5, 5.41) is 27.5. The Morgan fingerprint density at radius 2 is 0.957 bits per heavy atom. The molecule has 0 heterocycles. The van der Waals surface area contributed by atoms with E-state index in [0.29, 0.717) is 38.5 Å². The van der Waals surface area contributed by atoms with Gasteiger partial charge in [-0.15, -0.1) is 30.3 Å². The first kappa shape index (κ1) is 20.6. The fraction of sp³-hybridized carbons (Fsp3) is 1.00. The zero-order valence-corrected chi connectivity index (χ0v) is 12.5. The summed E-state index contributed by atoms with van der Waals surface area (Å²) < 4.78 is 0. The fourth-order valence-electron chi connectivity index (χ4n) is 2.06. The van der Waals surface area contributed by atoms with Crippen molar-refractivity contribution in [3.8, 4) is 0 Å². The van der Waals surface area contributed by atoms with Gasteiger partial charge < -0.3 is 20.2 Å². The summed E-state index contributed by atoms with van der Waals surface area (Å²) >= 11 is 0. The molecule has 13 heteroatoms. The fourth-order valence-corrected chi connectivity index (χ4v) is 2.06. The Kier molecular flexibility index (Phi) is 9.99. The Labute approximate surface area is 131 Å². The second kappa shape index (κ2) is 11.2. The third-order valence-electron chi connectivity index (χ3n) is 3.05. The normalized spacial score (nSPS) is 10.8. The summed E-state index contributed by atoms with van der Waals surface area (Å²) in [5.74, 6) is 0. The number of nitrogens with two attached hydrogens (primary N) is 1. The quantitative estimate of drug-likeness (QED) is 0.252. The number of nitrogens with zero attached hydrogens (tertiary/aromatic N) is 3. The lowest BCUT2D eigenvalue weighted by molar-refractivity contribution is -0.758. The number of hydrogen-bond donors (Lipinski definition) is 1. The maximum atomic E-state index is 10.1. The van der Waals surface area contributed by atoms with E-state index in [-0.39, 0.29) is 19.8 Å². The molecular formula is C10H20N4O9. The van der Waals surface area contributed by atoms with Crippen molar-refractivity contribution in [2.45, 2.75) is 44.1 Å². The van der Waals surface area contributed by atoms with Gasteiger partial charge in [0.1, 0.15) is 0 Å². The summed E-state index contributed by atoms with van der Waals surface area (Å²) in [6.07, 6.45) is 2.00. The molecular weight excluding hydrogens is 320 g/mol. The molecule has 0 saturated heterocycles. The van der Waals surface area contributed by atoms with E-state index in [2.05, 4.69) is 14.5 Å². The van der Waals surface area contributed by atoms with Crippen LogP contribution in [-0.2, 0) is 14.5 Å². The molecule has 0 saturated carbocycles. The van der Waals surface area contributed by atoms with Crippen LogP contribution in [0.3, 0.4) is 0 Å². The lowest BCUT2D eigenvalue weighted by atomic mass is 9.85. The van der Waals surface area contributed by atoms with E-state index in [4.69, 9.17) is 5.73 Å². The maximum Gasteiger partial charge on any atom is 0.294 e. The lowest BCUT2D eigenvalue weighted by Crippen LogP contribution is -2.40. The van der Waals surface area contributed by atoms with Gasteiger partial charge in [0.15, 0.2) is 0 Å². The summed E-state index contributed by atoms with van der Waals surface area (Å²) in [6.45, 7) is -0.367. The highest BCUT2D eigenvalue weighted by atomic mass is 17.0. The van der Waals surface area contributed by atoms with Crippen LogP contribution in [-0.4, -0.2) is 40.6 Å². The minimum atomic E-state index is -0.909. The van der Waals surface area contributed by atoms with Crippen LogP contribution < -0.4 is 5.73 Å². The van der Waals surface area contributed by atoms with Gasteiger partial charge in [-0.2, -0.15) is 0 Å². The van der Waals surface area contributed by atoms with Gasteiger partial charge in [-0.25, -0.2) is 0 Å². The number of hydrogen-bond acceptors (Lipinski definition) is 10. The molecule has 0 rings (SSSR count). The van der Waals surface area contributed by atoms with Crippen LogP contribution >= 0.6 is 0 Å². The molecule has 0 fully saturated rings. The average Bonchev–Trinajstić information content (AvgIpc) is 2.44. The lowest BCUT2D eigenvalue weighted by Gasteiger charge is -2.29. The standard InChI is InChI=1S/C10H20N4O9/c11-10(4-1-7-21-12(15)16,5-2-8-22-13(17)18)6-3-9-23-14(19)20/h1-9,11H2. The van der Waals surface area contributed by atoms with Gasteiger partial charge >= 0.3 is 0 Å². The van der Waals surface area contributed by atoms with E-state index in [0.717, 1.165) is 0 Å². The van der Waals surface area contributed by atoms with E-state index in [1.807, 2.05) is 0 Å². The summed E-state index contributed by atoms with van der Waals surface area (Å²) in [7, 11) is 0. The molecule has 0 aromatic heterocycles. The van der Waals surface area contributed by atoms with Crippen LogP contribution in [0.1, 0.15) is 38.5 Å². The van der Waals surface area contributed by atoms with Crippen molar-refractivity contribution < 1.29 is 29.8 Å². The first-order chi connectivity index (χ1) is 10.7. The highest BCUT2D eigenvalue weighted by molar-refractivity contribution is 4.83. The van der Waals surface area contributed by atoms with E-state index < -0.39 is 20.8 Å². The average molecular weight is 340 g/mol. The maximum absolute atomic E-state index is 10.1. The highest BCUT2D eigenvalue weighted by Gasteiger charge is 2.24. The van der Waals surface area contributed by atoms with Crippen LogP contribution in [0, 0.1) is 30.3 Å². The minimum absolute atomic E-state index is 0.122. The Balaban J connectivity index is 4.23. The minimum Gasteiger partial charge on any atom is -0.325 e.